The first-order valence-electron chi connectivity index (χ1n) is 11.3. The molecule has 10 heteroatoms. The van der Waals surface area contributed by atoms with E-state index in [4.69, 9.17) is 9.26 Å². The summed E-state index contributed by atoms with van der Waals surface area (Å²) in [6, 6.07) is 6.37. The van der Waals surface area contributed by atoms with Crippen molar-refractivity contribution in [3.05, 3.63) is 74.6 Å². The van der Waals surface area contributed by atoms with Crippen LogP contribution in [0.4, 0.5) is 10.1 Å². The number of hydrogen-bond donors (Lipinski definition) is 2. The number of halogens is 1. The molecule has 0 fully saturated rings. The molecule has 2 N–H and O–H groups in total. The summed E-state index contributed by atoms with van der Waals surface area (Å²) in [7, 11) is 1.50. The number of fused-ring (bicyclic) bond motifs is 2. The number of aromatic amines is 1. The number of amides is 2. The van der Waals surface area contributed by atoms with Crippen LogP contribution in [0.5, 0.6) is 5.88 Å². The van der Waals surface area contributed by atoms with Crippen LogP contribution in [0.3, 0.4) is 0 Å². The number of hydrogen-bond acceptors (Lipinski definition) is 6. The second kappa shape index (κ2) is 8.37. The van der Waals surface area contributed by atoms with Crippen LogP contribution in [0.25, 0.3) is 0 Å². The standard InChI is InChI=1S/C25H25FN4O5/c1-25(2)8-6-13-10-14(11-16(26)21(13)25)27-23(32)22-15-4-5-20(34-3)28-17(15)7-9-30(22)24(33)18-12-19(31)29-35-18/h4-5,10-12,22H,6-9H2,1-3H3,(H,27,32)(H,29,31). The Hall–Kier alpha value is -3.95. The number of methoxy groups -OCH3 is 1. The van der Waals surface area contributed by atoms with Crippen LogP contribution in [0.15, 0.2) is 39.6 Å². The Bertz CT molecular complexity index is 1390. The number of H-pyrrole nitrogens is 1. The molecule has 1 unspecified atom stereocenters. The third-order valence-corrected chi connectivity index (χ3v) is 6.77. The minimum atomic E-state index is -1.07. The lowest BCUT2D eigenvalue weighted by Gasteiger charge is -2.35. The molecule has 0 bridgehead atoms. The van der Waals surface area contributed by atoms with E-state index in [-0.39, 0.29) is 23.5 Å². The average molecular weight is 480 g/mol. The number of pyridine rings is 1. The molecule has 0 radical (unpaired) electrons. The van der Waals surface area contributed by atoms with Crippen molar-refractivity contribution in [2.24, 2.45) is 0 Å². The summed E-state index contributed by atoms with van der Waals surface area (Å²) in [5.74, 6) is -1.32. The number of nitrogens with one attached hydrogen (secondary N) is 2. The Morgan fingerprint density at radius 1 is 1.26 bits per heavy atom. The van der Waals surface area contributed by atoms with Gasteiger partial charge in [-0.25, -0.2) is 9.37 Å². The Kier molecular flexibility index (Phi) is 5.46. The number of nitrogens with zero attached hydrogens (tertiary/aromatic N) is 2. The smallest absolute Gasteiger partial charge is 0.293 e. The van der Waals surface area contributed by atoms with Gasteiger partial charge in [-0.1, -0.05) is 13.8 Å². The molecule has 1 atom stereocenters. The molecular weight excluding hydrogens is 455 g/mol. The summed E-state index contributed by atoms with van der Waals surface area (Å²) in [6.45, 7) is 4.16. The van der Waals surface area contributed by atoms with Crippen molar-refractivity contribution in [2.45, 2.75) is 44.6 Å². The first-order valence-corrected chi connectivity index (χ1v) is 11.3. The molecule has 2 amide bonds. The number of benzene rings is 1. The molecule has 3 heterocycles. The van der Waals surface area contributed by atoms with Gasteiger partial charge in [0.1, 0.15) is 11.9 Å². The fourth-order valence-electron chi connectivity index (χ4n) is 5.08. The van der Waals surface area contributed by atoms with E-state index in [0.717, 1.165) is 24.5 Å². The lowest BCUT2D eigenvalue weighted by atomic mass is 9.86. The van der Waals surface area contributed by atoms with E-state index >= 15 is 4.39 Å². The zero-order valence-corrected chi connectivity index (χ0v) is 19.6. The maximum atomic E-state index is 15.0. The van der Waals surface area contributed by atoms with Gasteiger partial charge in [-0.2, -0.15) is 5.16 Å². The van der Waals surface area contributed by atoms with E-state index in [1.807, 2.05) is 13.8 Å². The Morgan fingerprint density at radius 3 is 2.77 bits per heavy atom. The van der Waals surface area contributed by atoms with Crippen LogP contribution >= 0.6 is 0 Å². The molecule has 182 valence electrons. The average Bonchev–Trinajstić information content (AvgIpc) is 3.39. The topological polar surface area (TPSA) is 118 Å². The van der Waals surface area contributed by atoms with Gasteiger partial charge in [0.15, 0.2) is 0 Å². The van der Waals surface area contributed by atoms with E-state index in [9.17, 15) is 14.4 Å². The Morgan fingerprint density at radius 2 is 2.06 bits per heavy atom. The summed E-state index contributed by atoms with van der Waals surface area (Å²) >= 11 is 0. The number of carbonyl (C=O) groups excluding carboxylic acids is 2. The number of aryl methyl sites for hydroxylation is 1. The molecule has 0 spiro atoms. The molecule has 3 aromatic rings. The maximum absolute atomic E-state index is 15.0. The van der Waals surface area contributed by atoms with Crippen LogP contribution in [0.2, 0.25) is 0 Å². The monoisotopic (exact) mass is 480 g/mol. The van der Waals surface area contributed by atoms with Crippen molar-refractivity contribution in [2.75, 3.05) is 19.0 Å². The number of rotatable bonds is 4. The third kappa shape index (κ3) is 3.98. The van der Waals surface area contributed by atoms with Crippen molar-refractivity contribution in [1.82, 2.24) is 15.0 Å². The summed E-state index contributed by atoms with van der Waals surface area (Å²) < 4.78 is 25.2. The predicted octanol–water partition coefficient (Wildman–Crippen LogP) is 3.11. The van der Waals surface area contributed by atoms with Gasteiger partial charge in [0.25, 0.3) is 17.4 Å². The second-order valence-electron chi connectivity index (χ2n) is 9.48. The van der Waals surface area contributed by atoms with E-state index in [1.54, 1.807) is 18.2 Å². The molecule has 35 heavy (non-hydrogen) atoms. The van der Waals surface area contributed by atoms with E-state index < -0.39 is 23.4 Å². The van der Waals surface area contributed by atoms with Crippen molar-refractivity contribution in [3.63, 3.8) is 0 Å². The second-order valence-corrected chi connectivity index (χ2v) is 9.48. The van der Waals surface area contributed by atoms with Gasteiger partial charge in [0, 0.05) is 30.3 Å². The molecule has 0 saturated carbocycles. The maximum Gasteiger partial charge on any atom is 0.293 e. The minimum Gasteiger partial charge on any atom is -0.481 e. The minimum absolute atomic E-state index is 0.158. The molecule has 1 aliphatic heterocycles. The molecule has 1 aromatic carbocycles. The number of anilines is 1. The van der Waals surface area contributed by atoms with Gasteiger partial charge < -0.3 is 19.5 Å². The highest BCUT2D eigenvalue weighted by Gasteiger charge is 2.39. The number of aromatic nitrogens is 2. The number of ether oxygens (including phenoxy) is 1. The lowest BCUT2D eigenvalue weighted by molar-refractivity contribution is -0.121. The highest BCUT2D eigenvalue weighted by molar-refractivity contribution is 6.01. The molecule has 1 aliphatic carbocycles. The highest BCUT2D eigenvalue weighted by Crippen LogP contribution is 2.41. The van der Waals surface area contributed by atoms with E-state index in [2.05, 4.69) is 15.5 Å². The van der Waals surface area contributed by atoms with Crippen molar-refractivity contribution < 1.29 is 23.2 Å². The van der Waals surface area contributed by atoms with Gasteiger partial charge >= 0.3 is 0 Å². The fraction of sp³-hybridized carbons (Fsp3) is 0.360. The molecule has 2 aromatic heterocycles. The first kappa shape index (κ1) is 22.8. The summed E-state index contributed by atoms with van der Waals surface area (Å²) in [4.78, 5) is 44.0. The summed E-state index contributed by atoms with van der Waals surface area (Å²) in [5.41, 5.74) is 2.16. The Balaban J connectivity index is 1.51. The van der Waals surface area contributed by atoms with Gasteiger partial charge in [-0.3, -0.25) is 14.4 Å². The zero-order chi connectivity index (χ0) is 24.9. The molecular formula is C25H25FN4O5. The normalized spacial score (nSPS) is 18.1. The summed E-state index contributed by atoms with van der Waals surface area (Å²) in [5, 5.41) is 4.88. The highest BCUT2D eigenvalue weighted by atomic mass is 19.1. The van der Waals surface area contributed by atoms with Gasteiger partial charge in [-0.05, 0) is 47.6 Å². The predicted molar refractivity (Wildman–Crippen MR) is 124 cm³/mol. The summed E-state index contributed by atoms with van der Waals surface area (Å²) in [6.07, 6.45) is 1.92. The quantitative estimate of drug-likeness (QED) is 0.593. The largest absolute Gasteiger partial charge is 0.481 e. The lowest BCUT2D eigenvalue weighted by Crippen LogP contribution is -2.45. The third-order valence-electron chi connectivity index (χ3n) is 6.77. The molecule has 5 rings (SSSR count). The van der Waals surface area contributed by atoms with Gasteiger partial charge in [-0.15, -0.1) is 0 Å². The molecule has 0 saturated heterocycles. The first-order chi connectivity index (χ1) is 16.7. The zero-order valence-electron chi connectivity index (χ0n) is 19.6. The van der Waals surface area contributed by atoms with Crippen LogP contribution in [0, 0.1) is 5.82 Å². The van der Waals surface area contributed by atoms with E-state index in [0.29, 0.717) is 34.8 Å². The van der Waals surface area contributed by atoms with Crippen LogP contribution in [-0.4, -0.2) is 40.5 Å². The van der Waals surface area contributed by atoms with Crippen molar-refractivity contribution in [3.8, 4) is 5.88 Å². The van der Waals surface area contributed by atoms with E-state index in [1.165, 1.54) is 18.1 Å². The Labute approximate surface area is 200 Å². The van der Waals surface area contributed by atoms with Crippen molar-refractivity contribution in [1.29, 1.82) is 0 Å². The number of carbonyl (C=O) groups is 2. The van der Waals surface area contributed by atoms with Crippen molar-refractivity contribution >= 4 is 17.5 Å². The van der Waals surface area contributed by atoms with Gasteiger partial charge in [0.05, 0.1) is 18.9 Å². The molecule has 2 aliphatic rings. The molecule has 9 nitrogen and oxygen atoms in total. The SMILES string of the molecule is COc1ccc2c(n1)CCN(C(=O)c1cc(=O)[nH]o1)C2C(=O)Nc1cc(F)c2c(c1)CCC2(C)C. The van der Waals surface area contributed by atoms with Gasteiger partial charge in [0.2, 0.25) is 11.6 Å². The van der Waals surface area contributed by atoms with Crippen LogP contribution < -0.4 is 15.6 Å². The van der Waals surface area contributed by atoms with Crippen LogP contribution in [-0.2, 0) is 23.1 Å². The van der Waals surface area contributed by atoms with Crippen LogP contribution in [0.1, 0.15) is 59.2 Å². The fourth-order valence-corrected chi connectivity index (χ4v) is 5.08.